The predicted octanol–water partition coefficient (Wildman–Crippen LogP) is 3.69. The molecule has 0 saturated heterocycles. The summed E-state index contributed by atoms with van der Waals surface area (Å²) in [6.45, 7) is 5.03. The molecule has 1 aliphatic rings. The molecule has 0 atom stereocenters. The molecule has 1 aliphatic carbocycles. The summed E-state index contributed by atoms with van der Waals surface area (Å²) < 4.78 is 33.5. The molecular formula is C16H19NO3S. The van der Waals surface area contributed by atoms with E-state index in [1.807, 2.05) is 18.2 Å². The van der Waals surface area contributed by atoms with Crippen LogP contribution in [0.3, 0.4) is 0 Å². The standard InChI is InChI=1S/C16H19NO3S/c1-16(2,3)21(18,19)17-13-6-4-5-11-7-8-14-12(15(11)13)9-10-20-14/h7-10H,4-6H2,1-3H3. The molecule has 0 fully saturated rings. The van der Waals surface area contributed by atoms with Crippen molar-refractivity contribution in [1.82, 2.24) is 0 Å². The van der Waals surface area contributed by atoms with Crippen molar-refractivity contribution in [3.8, 4) is 0 Å². The van der Waals surface area contributed by atoms with Gasteiger partial charge in [-0.1, -0.05) is 6.07 Å². The van der Waals surface area contributed by atoms with Crippen LogP contribution >= 0.6 is 0 Å². The number of hydrogen-bond acceptors (Lipinski definition) is 3. The van der Waals surface area contributed by atoms with Crippen LogP contribution in [-0.4, -0.2) is 18.9 Å². The van der Waals surface area contributed by atoms with E-state index in [2.05, 4.69) is 4.40 Å². The van der Waals surface area contributed by atoms with Crippen molar-refractivity contribution in [2.45, 2.75) is 44.8 Å². The number of aryl methyl sites for hydroxylation is 1. The Labute approximate surface area is 124 Å². The van der Waals surface area contributed by atoms with Gasteiger partial charge in [-0.15, -0.1) is 0 Å². The molecule has 4 nitrogen and oxygen atoms in total. The van der Waals surface area contributed by atoms with Crippen molar-refractivity contribution in [3.63, 3.8) is 0 Å². The maximum atomic E-state index is 12.4. The first-order valence-electron chi connectivity index (χ1n) is 7.12. The zero-order valence-corrected chi connectivity index (χ0v) is 13.3. The molecule has 0 amide bonds. The molecule has 1 aromatic carbocycles. The molecule has 0 saturated carbocycles. The van der Waals surface area contributed by atoms with Gasteiger partial charge in [-0.3, -0.25) is 0 Å². The Bertz CT molecular complexity index is 823. The van der Waals surface area contributed by atoms with Crippen LogP contribution in [0.15, 0.2) is 33.3 Å². The van der Waals surface area contributed by atoms with Crippen LogP contribution in [0, 0.1) is 0 Å². The van der Waals surface area contributed by atoms with E-state index in [4.69, 9.17) is 4.42 Å². The lowest BCUT2D eigenvalue weighted by Gasteiger charge is -2.21. The van der Waals surface area contributed by atoms with Gasteiger partial charge in [-0.25, -0.2) is 8.42 Å². The van der Waals surface area contributed by atoms with Crippen LogP contribution in [0.2, 0.25) is 0 Å². The second kappa shape index (κ2) is 4.70. The van der Waals surface area contributed by atoms with E-state index in [1.165, 1.54) is 0 Å². The quantitative estimate of drug-likeness (QED) is 0.807. The molecule has 0 N–H and O–H groups in total. The second-order valence-electron chi connectivity index (χ2n) is 6.41. The maximum absolute atomic E-state index is 12.4. The molecule has 112 valence electrons. The van der Waals surface area contributed by atoms with Crippen molar-refractivity contribution < 1.29 is 12.8 Å². The van der Waals surface area contributed by atoms with E-state index in [1.54, 1.807) is 27.0 Å². The molecule has 5 heteroatoms. The molecule has 21 heavy (non-hydrogen) atoms. The minimum absolute atomic E-state index is 0.665. The minimum atomic E-state index is -3.53. The van der Waals surface area contributed by atoms with Gasteiger partial charge in [-0.05, 0) is 57.7 Å². The normalized spacial score (nSPS) is 18.1. The Morgan fingerprint density at radius 2 is 1.90 bits per heavy atom. The number of benzene rings is 1. The Balaban J connectivity index is 2.23. The van der Waals surface area contributed by atoms with Gasteiger partial charge < -0.3 is 4.42 Å². The highest BCUT2D eigenvalue weighted by atomic mass is 32.2. The number of hydrogen-bond donors (Lipinski definition) is 0. The third-order valence-electron chi connectivity index (χ3n) is 3.87. The van der Waals surface area contributed by atoms with Crippen LogP contribution in [0.1, 0.15) is 44.7 Å². The van der Waals surface area contributed by atoms with Crippen LogP contribution in [-0.2, 0) is 16.4 Å². The fourth-order valence-electron chi connectivity index (χ4n) is 2.58. The van der Waals surface area contributed by atoms with Gasteiger partial charge in [-0.2, -0.15) is 4.40 Å². The summed E-state index contributed by atoms with van der Waals surface area (Å²) in [7, 11) is -3.53. The summed E-state index contributed by atoms with van der Waals surface area (Å²) >= 11 is 0. The molecule has 0 unspecified atom stereocenters. The third-order valence-corrected chi connectivity index (χ3v) is 5.88. The van der Waals surface area contributed by atoms with E-state index in [0.29, 0.717) is 12.1 Å². The number of furan rings is 1. The summed E-state index contributed by atoms with van der Waals surface area (Å²) in [5.41, 5.74) is 3.54. The van der Waals surface area contributed by atoms with Gasteiger partial charge in [0.05, 0.1) is 16.7 Å². The summed E-state index contributed by atoms with van der Waals surface area (Å²) in [5, 5.41) is 0.954. The van der Waals surface area contributed by atoms with Crippen LogP contribution in [0.25, 0.3) is 11.0 Å². The van der Waals surface area contributed by atoms with E-state index in [-0.39, 0.29) is 0 Å². The average molecular weight is 305 g/mol. The van der Waals surface area contributed by atoms with Crippen LogP contribution in [0.5, 0.6) is 0 Å². The minimum Gasteiger partial charge on any atom is -0.464 e. The molecule has 1 heterocycles. The SMILES string of the molecule is CC(C)(C)S(=O)(=O)N=C1CCCc2ccc3occc3c21. The Morgan fingerprint density at radius 1 is 1.14 bits per heavy atom. The number of nitrogens with zero attached hydrogens (tertiary/aromatic N) is 1. The first kappa shape index (κ1) is 14.3. The first-order chi connectivity index (χ1) is 9.79. The molecule has 3 rings (SSSR count). The van der Waals surface area contributed by atoms with Gasteiger partial charge in [0, 0.05) is 10.9 Å². The van der Waals surface area contributed by atoms with Crippen molar-refractivity contribution in [2.24, 2.45) is 4.40 Å². The van der Waals surface area contributed by atoms with Crippen molar-refractivity contribution in [1.29, 1.82) is 0 Å². The average Bonchev–Trinajstić information content (AvgIpc) is 2.85. The fourth-order valence-corrected chi connectivity index (χ4v) is 3.33. The Kier molecular flexibility index (Phi) is 3.20. The van der Waals surface area contributed by atoms with E-state index in [0.717, 1.165) is 34.9 Å². The fraction of sp³-hybridized carbons (Fsp3) is 0.438. The van der Waals surface area contributed by atoms with Gasteiger partial charge in [0.1, 0.15) is 5.58 Å². The van der Waals surface area contributed by atoms with Gasteiger partial charge in [0.15, 0.2) is 0 Å². The van der Waals surface area contributed by atoms with Crippen LogP contribution < -0.4 is 0 Å². The number of sulfonamides is 1. The van der Waals surface area contributed by atoms with E-state index >= 15 is 0 Å². The molecule has 0 spiro atoms. The van der Waals surface area contributed by atoms with E-state index < -0.39 is 14.8 Å². The number of rotatable bonds is 1. The largest absolute Gasteiger partial charge is 0.464 e. The molecular weight excluding hydrogens is 286 g/mol. The zero-order chi connectivity index (χ0) is 15.3. The predicted molar refractivity (Wildman–Crippen MR) is 84.4 cm³/mol. The molecule has 1 aromatic heterocycles. The third kappa shape index (κ3) is 2.39. The number of fused-ring (bicyclic) bond motifs is 3. The highest BCUT2D eigenvalue weighted by Gasteiger charge is 2.30. The Hall–Kier alpha value is -1.62. The lowest BCUT2D eigenvalue weighted by atomic mass is 9.88. The first-order valence-corrected chi connectivity index (χ1v) is 8.56. The van der Waals surface area contributed by atoms with Crippen molar-refractivity contribution in [2.75, 3.05) is 0 Å². The zero-order valence-electron chi connectivity index (χ0n) is 12.5. The highest BCUT2D eigenvalue weighted by Crippen LogP contribution is 2.31. The summed E-state index contributed by atoms with van der Waals surface area (Å²) in [6, 6.07) is 5.84. The van der Waals surface area contributed by atoms with Gasteiger partial charge in [0.25, 0.3) is 10.0 Å². The summed E-state index contributed by atoms with van der Waals surface area (Å²) in [5.74, 6) is 0. The topological polar surface area (TPSA) is 59.6 Å². The Morgan fingerprint density at radius 3 is 2.62 bits per heavy atom. The molecule has 0 bridgehead atoms. The molecule has 0 radical (unpaired) electrons. The smallest absolute Gasteiger partial charge is 0.258 e. The van der Waals surface area contributed by atoms with Crippen molar-refractivity contribution in [3.05, 3.63) is 35.6 Å². The van der Waals surface area contributed by atoms with Gasteiger partial charge in [0.2, 0.25) is 0 Å². The summed E-state index contributed by atoms with van der Waals surface area (Å²) in [4.78, 5) is 0. The van der Waals surface area contributed by atoms with Crippen LogP contribution in [0.4, 0.5) is 0 Å². The van der Waals surface area contributed by atoms with Crippen molar-refractivity contribution >= 4 is 26.7 Å². The molecule has 2 aromatic rings. The molecule has 0 aliphatic heterocycles. The summed E-state index contributed by atoms with van der Waals surface area (Å²) in [6.07, 6.45) is 4.20. The lowest BCUT2D eigenvalue weighted by Crippen LogP contribution is -2.27. The van der Waals surface area contributed by atoms with E-state index in [9.17, 15) is 8.42 Å². The highest BCUT2D eigenvalue weighted by molar-refractivity contribution is 7.91. The second-order valence-corrected chi connectivity index (χ2v) is 8.77. The lowest BCUT2D eigenvalue weighted by molar-refractivity contribution is 0.562. The maximum Gasteiger partial charge on any atom is 0.258 e. The monoisotopic (exact) mass is 305 g/mol. The van der Waals surface area contributed by atoms with Gasteiger partial charge >= 0.3 is 0 Å².